The average Bonchev–Trinajstić information content (AvgIpc) is 3.26. The van der Waals surface area contributed by atoms with Crippen LogP contribution in [-0.4, -0.2) is 12.1 Å². The number of unbranched alkanes of at least 4 members (excludes halogenated alkanes) is 5. The first-order chi connectivity index (χ1) is 19.3. The first kappa shape index (κ1) is 28.0. The number of carbonyl (C=O) groups is 1. The summed E-state index contributed by atoms with van der Waals surface area (Å²) >= 11 is 0. The van der Waals surface area contributed by atoms with E-state index in [1.54, 1.807) is 5.57 Å². The van der Waals surface area contributed by atoms with Crippen LogP contribution in [0.1, 0.15) is 156 Å². The van der Waals surface area contributed by atoms with E-state index in [2.05, 4.69) is 26.8 Å². The fourth-order valence-electron chi connectivity index (χ4n) is 13.1. The first-order valence-electron chi connectivity index (χ1n) is 18.2. The molecule has 0 heterocycles. The van der Waals surface area contributed by atoms with Crippen molar-refractivity contribution < 1.29 is 9.53 Å². The normalized spacial score (nSPS) is 48.7. The summed E-state index contributed by atoms with van der Waals surface area (Å²) in [6.45, 7) is 7.66. The predicted molar refractivity (Wildman–Crippen MR) is 164 cm³/mol. The summed E-state index contributed by atoms with van der Waals surface area (Å²) in [7, 11) is 0. The molecule has 7 saturated carbocycles. The first-order valence-corrected chi connectivity index (χ1v) is 18.2. The van der Waals surface area contributed by atoms with Gasteiger partial charge in [0.2, 0.25) is 0 Å². The van der Waals surface area contributed by atoms with Crippen molar-refractivity contribution in [3.05, 3.63) is 11.6 Å². The highest BCUT2D eigenvalue weighted by Crippen LogP contribution is 2.67. The summed E-state index contributed by atoms with van der Waals surface area (Å²) in [6, 6.07) is 0. The molecule has 0 unspecified atom stereocenters. The van der Waals surface area contributed by atoms with E-state index in [0.717, 1.165) is 73.5 Å². The van der Waals surface area contributed by atoms with Gasteiger partial charge in [0.25, 0.3) is 0 Å². The lowest BCUT2D eigenvalue weighted by Crippen LogP contribution is -2.52. The topological polar surface area (TPSA) is 26.3 Å². The molecule has 0 aromatic heterocycles. The van der Waals surface area contributed by atoms with E-state index in [4.69, 9.17) is 4.74 Å². The Balaban J connectivity index is 0.976. The van der Waals surface area contributed by atoms with Crippen LogP contribution >= 0.6 is 0 Å². The van der Waals surface area contributed by atoms with Gasteiger partial charge in [-0.15, -0.1) is 0 Å². The molecule has 0 aromatic carbocycles. The molecule has 0 saturated heterocycles. The molecule has 40 heavy (non-hydrogen) atoms. The monoisotopic (exact) mass is 548 g/mol. The molecule has 7 fully saturated rings. The number of hydrogen-bond acceptors (Lipinski definition) is 2. The highest BCUT2D eigenvalue weighted by molar-refractivity contribution is 5.77. The van der Waals surface area contributed by atoms with E-state index in [-0.39, 0.29) is 17.5 Å². The Kier molecular flexibility index (Phi) is 7.51. The summed E-state index contributed by atoms with van der Waals surface area (Å²) in [4.78, 5) is 13.7. The molecule has 8 aliphatic rings. The third-order valence-electron chi connectivity index (χ3n) is 14.9. The molecular formula is C38H60O2. The third kappa shape index (κ3) is 4.67. The molecule has 4 bridgehead atoms. The van der Waals surface area contributed by atoms with Gasteiger partial charge in [-0.1, -0.05) is 70.9 Å². The Bertz CT molecular complexity index is 943. The van der Waals surface area contributed by atoms with E-state index in [1.807, 2.05) is 0 Å². The lowest BCUT2D eigenvalue weighted by molar-refractivity contribution is -0.179. The smallest absolute Gasteiger partial charge is 0.312 e. The predicted octanol–water partition coefficient (Wildman–Crippen LogP) is 10.4. The Hall–Kier alpha value is -0.790. The molecule has 0 N–H and O–H groups in total. The van der Waals surface area contributed by atoms with Crippen molar-refractivity contribution in [2.24, 2.45) is 57.7 Å². The lowest BCUT2D eigenvalue weighted by Gasteiger charge is -2.58. The SMILES string of the molecule is CCCCCCCC[C@H]1CC[C@H]2[C@@H]3CC=C4C[C@@H](OC(=O)C56CC7CC(CC(C7)C5)C6)CC[C@]4(C)[C@H]3CC[C@]12C. The van der Waals surface area contributed by atoms with Crippen molar-refractivity contribution in [3.8, 4) is 0 Å². The van der Waals surface area contributed by atoms with Crippen LogP contribution in [0.4, 0.5) is 0 Å². The van der Waals surface area contributed by atoms with Crippen LogP contribution in [0, 0.1) is 57.7 Å². The van der Waals surface area contributed by atoms with Crippen molar-refractivity contribution >= 4 is 5.97 Å². The van der Waals surface area contributed by atoms with E-state index in [9.17, 15) is 4.79 Å². The van der Waals surface area contributed by atoms with Gasteiger partial charge in [-0.2, -0.15) is 0 Å². The minimum absolute atomic E-state index is 0.107. The van der Waals surface area contributed by atoms with Gasteiger partial charge in [0.1, 0.15) is 6.10 Å². The minimum Gasteiger partial charge on any atom is -0.462 e. The molecule has 0 aliphatic heterocycles. The number of rotatable bonds is 9. The zero-order chi connectivity index (χ0) is 27.5. The Morgan fingerprint density at radius 2 is 1.55 bits per heavy atom. The largest absolute Gasteiger partial charge is 0.462 e. The molecule has 8 aliphatic carbocycles. The Labute approximate surface area is 246 Å². The standard InChI is InChI=1S/C38H60O2/c1-4-5-6-7-8-9-10-29-12-14-33-32-13-11-30-22-31(15-17-37(30,3)34(32)16-18-36(29,33)2)40-35(39)38-23-26-19-27(24-38)21-28(20-26)25-38/h11,26-29,31-34H,4-10,12-25H2,1-3H3/t26?,27?,28?,29-,31-,32-,33-,34-,36+,37-,38?/m0/s1. The van der Waals surface area contributed by atoms with Gasteiger partial charge < -0.3 is 4.74 Å². The van der Waals surface area contributed by atoms with Crippen LogP contribution in [0.2, 0.25) is 0 Å². The summed E-state index contributed by atoms with van der Waals surface area (Å²) < 4.78 is 6.49. The lowest BCUT2D eigenvalue weighted by atomic mass is 9.47. The summed E-state index contributed by atoms with van der Waals surface area (Å²) in [5, 5.41) is 0. The third-order valence-corrected chi connectivity index (χ3v) is 14.9. The van der Waals surface area contributed by atoms with Crippen LogP contribution in [0.15, 0.2) is 11.6 Å². The van der Waals surface area contributed by atoms with E-state index in [1.165, 1.54) is 103 Å². The van der Waals surface area contributed by atoms with Gasteiger partial charge in [-0.25, -0.2) is 0 Å². The second kappa shape index (κ2) is 10.7. The maximum atomic E-state index is 13.7. The van der Waals surface area contributed by atoms with Crippen LogP contribution in [-0.2, 0) is 9.53 Å². The van der Waals surface area contributed by atoms with Gasteiger partial charge in [0.15, 0.2) is 0 Å². The van der Waals surface area contributed by atoms with Crippen LogP contribution in [0.25, 0.3) is 0 Å². The molecule has 7 atom stereocenters. The summed E-state index contributed by atoms with van der Waals surface area (Å²) in [6.07, 6.45) is 31.0. The molecule has 0 amide bonds. The summed E-state index contributed by atoms with van der Waals surface area (Å²) in [5.74, 6) is 6.31. The molecule has 0 spiro atoms. The van der Waals surface area contributed by atoms with Gasteiger partial charge in [0, 0.05) is 6.42 Å². The number of hydrogen-bond donors (Lipinski definition) is 0. The molecule has 224 valence electrons. The van der Waals surface area contributed by atoms with Crippen LogP contribution < -0.4 is 0 Å². The van der Waals surface area contributed by atoms with Crippen molar-refractivity contribution in [3.63, 3.8) is 0 Å². The Morgan fingerprint density at radius 1 is 0.850 bits per heavy atom. The van der Waals surface area contributed by atoms with Crippen LogP contribution in [0.3, 0.4) is 0 Å². The zero-order valence-electron chi connectivity index (χ0n) is 26.4. The van der Waals surface area contributed by atoms with Gasteiger partial charge in [-0.05, 0) is 142 Å². The molecule has 8 rings (SSSR count). The van der Waals surface area contributed by atoms with Crippen molar-refractivity contribution in [1.82, 2.24) is 0 Å². The van der Waals surface area contributed by atoms with Crippen molar-refractivity contribution in [2.75, 3.05) is 0 Å². The fraction of sp³-hybridized carbons (Fsp3) is 0.921. The minimum atomic E-state index is -0.107. The van der Waals surface area contributed by atoms with E-state index < -0.39 is 0 Å². The highest BCUT2D eigenvalue weighted by Gasteiger charge is 2.59. The quantitative estimate of drug-likeness (QED) is 0.163. The maximum absolute atomic E-state index is 13.7. The molecule has 2 nitrogen and oxygen atoms in total. The maximum Gasteiger partial charge on any atom is 0.312 e. The van der Waals surface area contributed by atoms with E-state index in [0.29, 0.717) is 10.8 Å². The molecule has 2 heteroatoms. The van der Waals surface area contributed by atoms with Crippen molar-refractivity contribution in [1.29, 1.82) is 0 Å². The highest BCUT2D eigenvalue weighted by atomic mass is 16.5. The number of fused-ring (bicyclic) bond motifs is 5. The van der Waals surface area contributed by atoms with E-state index >= 15 is 0 Å². The number of carbonyl (C=O) groups excluding carboxylic acids is 1. The fourth-order valence-corrected chi connectivity index (χ4v) is 13.1. The van der Waals surface area contributed by atoms with Gasteiger partial charge >= 0.3 is 5.97 Å². The average molecular weight is 549 g/mol. The number of esters is 1. The molecular weight excluding hydrogens is 488 g/mol. The van der Waals surface area contributed by atoms with Gasteiger partial charge in [-0.3, -0.25) is 4.79 Å². The molecule has 0 aromatic rings. The van der Waals surface area contributed by atoms with Crippen LogP contribution in [0.5, 0.6) is 0 Å². The zero-order valence-corrected chi connectivity index (χ0v) is 26.4. The second-order valence-electron chi connectivity index (χ2n) is 17.1. The molecule has 0 radical (unpaired) electrons. The van der Waals surface area contributed by atoms with Gasteiger partial charge in [0.05, 0.1) is 5.41 Å². The number of ether oxygens (including phenoxy) is 1. The van der Waals surface area contributed by atoms with Crippen molar-refractivity contribution in [2.45, 2.75) is 162 Å². The second-order valence-corrected chi connectivity index (χ2v) is 17.1. The Morgan fingerprint density at radius 3 is 2.27 bits per heavy atom. The number of allylic oxidation sites excluding steroid dienone is 1. The summed E-state index contributed by atoms with van der Waals surface area (Å²) in [5.41, 5.74) is 2.51.